The van der Waals surface area contributed by atoms with Gasteiger partial charge < -0.3 is 33.2 Å². The first-order chi connectivity index (χ1) is 18.6. The third-order valence-corrected chi connectivity index (χ3v) is 5.48. The van der Waals surface area contributed by atoms with E-state index in [0.717, 1.165) is 24.0 Å². The highest BCUT2D eigenvalue weighted by Gasteiger charge is 2.09. The second-order valence-corrected chi connectivity index (χ2v) is 8.54. The van der Waals surface area contributed by atoms with Crippen molar-refractivity contribution in [1.29, 1.82) is 0 Å². The minimum atomic E-state index is -0.424. The first kappa shape index (κ1) is 31.4. The summed E-state index contributed by atoms with van der Waals surface area (Å²) in [4.78, 5) is 11.9. The Morgan fingerprint density at radius 3 is 2.39 bits per heavy atom. The lowest BCUT2D eigenvalue weighted by molar-refractivity contribution is -0.139. The summed E-state index contributed by atoms with van der Waals surface area (Å²) in [5.41, 5.74) is 1.82. The molecular formula is C29H39ClO8. The van der Waals surface area contributed by atoms with E-state index < -0.39 is 5.97 Å². The molecule has 0 saturated carbocycles. The van der Waals surface area contributed by atoms with Crippen LogP contribution in [-0.2, 0) is 30.2 Å². The Labute approximate surface area is 230 Å². The van der Waals surface area contributed by atoms with E-state index >= 15 is 0 Å². The first-order valence-corrected chi connectivity index (χ1v) is 13.2. The van der Waals surface area contributed by atoms with Crippen LogP contribution in [0, 0.1) is 0 Å². The summed E-state index contributed by atoms with van der Waals surface area (Å²) in [6, 6.07) is 11.2. The van der Waals surface area contributed by atoms with Gasteiger partial charge in [0.05, 0.1) is 38.1 Å². The number of rotatable bonds is 20. The summed E-state index contributed by atoms with van der Waals surface area (Å²) < 4.78 is 38.1. The number of esters is 1. The molecule has 0 radical (unpaired) electrons. The van der Waals surface area contributed by atoms with E-state index in [1.54, 1.807) is 13.2 Å². The van der Waals surface area contributed by atoms with Crippen LogP contribution in [0.2, 0.25) is 5.02 Å². The summed E-state index contributed by atoms with van der Waals surface area (Å²) in [6.45, 7) is 7.25. The van der Waals surface area contributed by atoms with Crippen LogP contribution in [-0.4, -0.2) is 66.1 Å². The van der Waals surface area contributed by atoms with Gasteiger partial charge >= 0.3 is 5.97 Å². The van der Waals surface area contributed by atoms with E-state index in [1.165, 1.54) is 6.08 Å². The van der Waals surface area contributed by atoms with Crippen molar-refractivity contribution in [3.05, 3.63) is 58.6 Å². The number of unbranched alkanes of at least 4 members (excludes halogenated alkanes) is 1. The van der Waals surface area contributed by atoms with Crippen LogP contribution < -0.4 is 14.2 Å². The molecule has 2 aromatic carbocycles. The average molecular weight is 551 g/mol. The van der Waals surface area contributed by atoms with E-state index in [1.807, 2.05) is 43.3 Å². The maximum absolute atomic E-state index is 11.9. The molecule has 0 saturated heterocycles. The SMILES string of the molecule is CCCCOc1cc(C=CC(=O)OCCOCC)ccc1OCCc1ccc(OCOCCOC)c(Cl)c1. The topological polar surface area (TPSA) is 81.7 Å². The molecule has 210 valence electrons. The number of halogens is 1. The Kier molecular flexibility index (Phi) is 16.0. The molecule has 0 heterocycles. The van der Waals surface area contributed by atoms with Gasteiger partial charge in [0.25, 0.3) is 0 Å². The fourth-order valence-corrected chi connectivity index (χ4v) is 3.40. The van der Waals surface area contributed by atoms with Gasteiger partial charge in [0.2, 0.25) is 0 Å². The van der Waals surface area contributed by atoms with Gasteiger partial charge in [0, 0.05) is 26.2 Å². The molecular weight excluding hydrogens is 512 g/mol. The maximum Gasteiger partial charge on any atom is 0.330 e. The molecule has 0 bridgehead atoms. The van der Waals surface area contributed by atoms with Gasteiger partial charge in [-0.05, 0) is 54.8 Å². The molecule has 2 rings (SSSR count). The second-order valence-electron chi connectivity index (χ2n) is 8.13. The first-order valence-electron chi connectivity index (χ1n) is 12.9. The van der Waals surface area contributed by atoms with Crippen molar-refractivity contribution >= 4 is 23.6 Å². The van der Waals surface area contributed by atoms with Gasteiger partial charge in [-0.25, -0.2) is 4.79 Å². The van der Waals surface area contributed by atoms with E-state index in [2.05, 4.69) is 6.92 Å². The van der Waals surface area contributed by atoms with Gasteiger partial charge in [-0.15, -0.1) is 0 Å². The molecule has 0 aliphatic rings. The van der Waals surface area contributed by atoms with Gasteiger partial charge in [-0.2, -0.15) is 0 Å². The normalized spacial score (nSPS) is 11.1. The van der Waals surface area contributed by atoms with Gasteiger partial charge in [0.1, 0.15) is 12.4 Å². The Morgan fingerprint density at radius 1 is 0.842 bits per heavy atom. The summed E-state index contributed by atoms with van der Waals surface area (Å²) in [5.74, 6) is 1.40. The van der Waals surface area contributed by atoms with Crippen molar-refractivity contribution in [1.82, 2.24) is 0 Å². The van der Waals surface area contributed by atoms with Crippen molar-refractivity contribution in [3.63, 3.8) is 0 Å². The predicted octanol–water partition coefficient (Wildman–Crippen LogP) is 5.73. The van der Waals surface area contributed by atoms with Crippen LogP contribution in [0.15, 0.2) is 42.5 Å². The Hall–Kier alpha value is -2.78. The monoisotopic (exact) mass is 550 g/mol. The van der Waals surface area contributed by atoms with Crippen LogP contribution in [0.5, 0.6) is 17.2 Å². The van der Waals surface area contributed by atoms with Crippen molar-refractivity contribution in [2.24, 2.45) is 0 Å². The fraction of sp³-hybridized carbons (Fsp3) is 0.483. The lowest BCUT2D eigenvalue weighted by Crippen LogP contribution is -2.08. The van der Waals surface area contributed by atoms with E-state index in [0.29, 0.717) is 68.3 Å². The third-order valence-electron chi connectivity index (χ3n) is 5.19. The zero-order valence-corrected chi connectivity index (χ0v) is 23.3. The second kappa shape index (κ2) is 19.3. The number of methoxy groups -OCH3 is 1. The van der Waals surface area contributed by atoms with Crippen LogP contribution in [0.4, 0.5) is 0 Å². The third kappa shape index (κ3) is 12.6. The van der Waals surface area contributed by atoms with E-state index in [4.69, 9.17) is 44.8 Å². The molecule has 0 unspecified atom stereocenters. The van der Waals surface area contributed by atoms with Gasteiger partial charge in [0.15, 0.2) is 18.3 Å². The van der Waals surface area contributed by atoms with E-state index in [-0.39, 0.29) is 13.4 Å². The minimum Gasteiger partial charge on any atom is -0.490 e. The quantitative estimate of drug-likeness (QED) is 0.0894. The lowest BCUT2D eigenvalue weighted by atomic mass is 10.1. The number of carbonyl (C=O) groups excluding carboxylic acids is 1. The van der Waals surface area contributed by atoms with Crippen LogP contribution in [0.25, 0.3) is 6.08 Å². The molecule has 0 N–H and O–H groups in total. The van der Waals surface area contributed by atoms with Crippen molar-refractivity contribution < 1.29 is 38.0 Å². The Bertz CT molecular complexity index is 979. The lowest BCUT2D eigenvalue weighted by Gasteiger charge is -2.14. The Balaban J connectivity index is 1.92. The smallest absolute Gasteiger partial charge is 0.330 e. The van der Waals surface area contributed by atoms with Crippen LogP contribution in [0.3, 0.4) is 0 Å². The molecule has 0 aromatic heterocycles. The standard InChI is InChI=1S/C29H39ClO8/c1-4-6-14-35-28-21-23(9-12-29(31)37-19-18-33-5-2)8-11-27(28)36-15-13-24-7-10-26(25(30)20-24)38-22-34-17-16-32-3/h7-12,20-21H,4-6,13-19,22H2,1-3H3. The summed E-state index contributed by atoms with van der Waals surface area (Å²) in [7, 11) is 1.62. The number of benzene rings is 2. The number of hydrogen-bond donors (Lipinski definition) is 0. The van der Waals surface area contributed by atoms with Crippen molar-refractivity contribution in [2.45, 2.75) is 33.1 Å². The predicted molar refractivity (Wildman–Crippen MR) is 147 cm³/mol. The molecule has 38 heavy (non-hydrogen) atoms. The average Bonchev–Trinajstić information content (AvgIpc) is 2.92. The Morgan fingerprint density at radius 2 is 1.63 bits per heavy atom. The van der Waals surface area contributed by atoms with Crippen LogP contribution in [0.1, 0.15) is 37.8 Å². The zero-order valence-electron chi connectivity index (χ0n) is 22.5. The summed E-state index contributed by atoms with van der Waals surface area (Å²) in [6.07, 6.45) is 5.67. The summed E-state index contributed by atoms with van der Waals surface area (Å²) in [5, 5.41) is 0.508. The molecule has 9 heteroatoms. The molecule has 2 aromatic rings. The molecule has 8 nitrogen and oxygen atoms in total. The van der Waals surface area contributed by atoms with Crippen LogP contribution >= 0.6 is 11.6 Å². The van der Waals surface area contributed by atoms with Gasteiger partial charge in [-0.1, -0.05) is 37.1 Å². The zero-order chi connectivity index (χ0) is 27.4. The number of carbonyl (C=O) groups is 1. The molecule has 0 fully saturated rings. The minimum absolute atomic E-state index is 0.104. The highest BCUT2D eigenvalue weighted by atomic mass is 35.5. The molecule has 0 atom stereocenters. The fourth-order valence-electron chi connectivity index (χ4n) is 3.15. The highest BCUT2D eigenvalue weighted by molar-refractivity contribution is 6.32. The molecule has 0 aliphatic carbocycles. The highest BCUT2D eigenvalue weighted by Crippen LogP contribution is 2.30. The van der Waals surface area contributed by atoms with Crippen molar-refractivity contribution in [3.8, 4) is 17.2 Å². The van der Waals surface area contributed by atoms with Gasteiger partial charge in [-0.3, -0.25) is 0 Å². The largest absolute Gasteiger partial charge is 0.490 e. The van der Waals surface area contributed by atoms with E-state index in [9.17, 15) is 4.79 Å². The molecule has 0 aliphatic heterocycles. The van der Waals surface area contributed by atoms with Crippen molar-refractivity contribution in [2.75, 3.05) is 60.2 Å². The molecule has 0 spiro atoms. The summed E-state index contributed by atoms with van der Waals surface area (Å²) >= 11 is 6.36. The number of hydrogen-bond acceptors (Lipinski definition) is 8. The number of ether oxygens (including phenoxy) is 7. The maximum atomic E-state index is 11.9. The molecule has 0 amide bonds.